The van der Waals surface area contributed by atoms with Crippen molar-refractivity contribution in [1.29, 1.82) is 0 Å². The lowest BCUT2D eigenvalue weighted by atomic mass is 10.1. The number of hydrogen-bond donors (Lipinski definition) is 2. The molecule has 0 aliphatic rings. The molecule has 0 saturated carbocycles. The fourth-order valence-corrected chi connectivity index (χ4v) is 2.72. The monoisotopic (exact) mass is 272 g/mol. The summed E-state index contributed by atoms with van der Waals surface area (Å²) >= 11 is 0. The topological polar surface area (TPSA) is 81.4 Å². The molecule has 0 heterocycles. The molecule has 1 unspecified atom stereocenters. The van der Waals surface area contributed by atoms with Crippen molar-refractivity contribution < 1.29 is 13.2 Å². The molecule has 102 valence electrons. The summed E-state index contributed by atoms with van der Waals surface area (Å²) in [4.78, 5) is 0. The quantitative estimate of drug-likeness (QED) is 0.737. The lowest BCUT2D eigenvalue weighted by molar-refractivity contribution is 0.199. The first kappa shape index (κ1) is 14.9. The Morgan fingerprint density at radius 2 is 2.06 bits per heavy atom. The molecular weight excluding hydrogens is 252 g/mol. The molecule has 0 fully saturated rings. The summed E-state index contributed by atoms with van der Waals surface area (Å²) in [6.07, 6.45) is 0.464. The van der Waals surface area contributed by atoms with E-state index in [1.807, 2.05) is 19.1 Å². The maximum absolute atomic E-state index is 11.8. The van der Waals surface area contributed by atoms with Crippen LogP contribution in [-0.2, 0) is 14.8 Å². The first-order chi connectivity index (χ1) is 8.46. The second-order valence-corrected chi connectivity index (χ2v) is 5.99. The molecule has 1 rings (SSSR count). The number of benzene rings is 1. The van der Waals surface area contributed by atoms with Crippen LogP contribution in [0.3, 0.4) is 0 Å². The molecule has 3 N–H and O–H groups in total. The second kappa shape index (κ2) is 6.72. The van der Waals surface area contributed by atoms with Gasteiger partial charge in [0.2, 0.25) is 10.0 Å². The first-order valence-electron chi connectivity index (χ1n) is 5.80. The molecular formula is C12H20N2O3S. The Hall–Kier alpha value is -1.11. The van der Waals surface area contributed by atoms with Gasteiger partial charge in [0.15, 0.2) is 0 Å². The van der Waals surface area contributed by atoms with E-state index < -0.39 is 10.0 Å². The molecule has 0 bridgehead atoms. The number of sulfonamides is 1. The van der Waals surface area contributed by atoms with Crippen LogP contribution in [0.1, 0.15) is 24.9 Å². The number of rotatable bonds is 7. The fourth-order valence-electron chi connectivity index (χ4n) is 1.60. The Bertz CT molecular complexity index is 472. The van der Waals surface area contributed by atoms with E-state index in [1.165, 1.54) is 0 Å². The number of para-hydroxylation sites is 1. The molecule has 0 spiro atoms. The van der Waals surface area contributed by atoms with Crippen LogP contribution in [0.2, 0.25) is 0 Å². The van der Waals surface area contributed by atoms with E-state index >= 15 is 0 Å². The average Bonchev–Trinajstić information content (AvgIpc) is 2.29. The van der Waals surface area contributed by atoms with Crippen LogP contribution < -0.4 is 10.5 Å². The van der Waals surface area contributed by atoms with Gasteiger partial charge in [-0.3, -0.25) is 4.72 Å². The third kappa shape index (κ3) is 4.64. The highest BCUT2D eigenvalue weighted by Gasteiger charge is 2.13. The van der Waals surface area contributed by atoms with Crippen molar-refractivity contribution in [3.8, 4) is 0 Å². The predicted molar refractivity (Wildman–Crippen MR) is 72.9 cm³/mol. The summed E-state index contributed by atoms with van der Waals surface area (Å²) < 4.78 is 31.1. The van der Waals surface area contributed by atoms with Crippen molar-refractivity contribution >= 4 is 15.7 Å². The van der Waals surface area contributed by atoms with Crippen molar-refractivity contribution in [3.63, 3.8) is 0 Å². The van der Waals surface area contributed by atoms with Crippen molar-refractivity contribution in [2.45, 2.75) is 19.4 Å². The fraction of sp³-hybridized carbons (Fsp3) is 0.500. The zero-order valence-corrected chi connectivity index (χ0v) is 11.5. The number of hydrogen-bond acceptors (Lipinski definition) is 4. The maximum Gasteiger partial charge on any atom is 0.232 e. The van der Waals surface area contributed by atoms with Gasteiger partial charge in [-0.2, -0.15) is 0 Å². The standard InChI is InChI=1S/C12H20N2O3S/c1-10(13)11-6-3-4-7-12(11)14-18(15,16)9-5-8-17-2/h3-4,6-7,10,14H,5,8-9,13H2,1-2H3. The minimum absolute atomic E-state index is 0.0358. The van der Waals surface area contributed by atoms with E-state index in [0.29, 0.717) is 18.7 Å². The van der Waals surface area contributed by atoms with Gasteiger partial charge in [0.25, 0.3) is 0 Å². The zero-order valence-electron chi connectivity index (χ0n) is 10.7. The zero-order chi connectivity index (χ0) is 13.6. The average molecular weight is 272 g/mol. The lowest BCUT2D eigenvalue weighted by Gasteiger charge is -2.14. The van der Waals surface area contributed by atoms with Crippen LogP contribution in [-0.4, -0.2) is 27.9 Å². The Morgan fingerprint density at radius 1 is 1.39 bits per heavy atom. The number of nitrogens with two attached hydrogens (primary N) is 1. The molecule has 0 aliphatic carbocycles. The van der Waals surface area contributed by atoms with Gasteiger partial charge in [0, 0.05) is 19.8 Å². The highest BCUT2D eigenvalue weighted by molar-refractivity contribution is 7.92. The molecule has 5 nitrogen and oxygen atoms in total. The van der Waals surface area contributed by atoms with Crippen LogP contribution in [0.15, 0.2) is 24.3 Å². The van der Waals surface area contributed by atoms with Gasteiger partial charge in [-0.05, 0) is 25.0 Å². The summed E-state index contributed by atoms with van der Waals surface area (Å²) in [5, 5.41) is 0. The molecule has 1 atom stereocenters. The SMILES string of the molecule is COCCCS(=O)(=O)Nc1ccccc1C(C)N. The molecule has 6 heteroatoms. The van der Waals surface area contributed by atoms with Gasteiger partial charge in [-0.25, -0.2) is 8.42 Å². The molecule has 18 heavy (non-hydrogen) atoms. The van der Waals surface area contributed by atoms with E-state index in [4.69, 9.17) is 10.5 Å². The van der Waals surface area contributed by atoms with Crippen molar-refractivity contribution in [3.05, 3.63) is 29.8 Å². The van der Waals surface area contributed by atoms with Crippen molar-refractivity contribution in [1.82, 2.24) is 0 Å². The maximum atomic E-state index is 11.8. The van der Waals surface area contributed by atoms with Crippen LogP contribution in [0.4, 0.5) is 5.69 Å². The van der Waals surface area contributed by atoms with Crippen molar-refractivity contribution in [2.24, 2.45) is 5.73 Å². The molecule has 0 amide bonds. The minimum Gasteiger partial charge on any atom is -0.385 e. The van der Waals surface area contributed by atoms with Gasteiger partial charge in [0.05, 0.1) is 11.4 Å². The summed E-state index contributed by atoms with van der Waals surface area (Å²) in [6.45, 7) is 2.24. The summed E-state index contributed by atoms with van der Waals surface area (Å²) in [6, 6.07) is 6.92. The Balaban J connectivity index is 2.78. The van der Waals surface area contributed by atoms with Gasteiger partial charge in [0.1, 0.15) is 0 Å². The molecule has 1 aromatic carbocycles. The number of nitrogens with one attached hydrogen (secondary N) is 1. The molecule has 0 radical (unpaired) electrons. The molecule has 0 aromatic heterocycles. The Labute approximate surface area is 108 Å². The predicted octanol–water partition coefficient (Wildman–Crippen LogP) is 1.48. The summed E-state index contributed by atoms with van der Waals surface area (Å²) in [5.41, 5.74) is 7.13. The number of methoxy groups -OCH3 is 1. The third-order valence-electron chi connectivity index (χ3n) is 2.48. The van der Waals surface area contributed by atoms with E-state index in [-0.39, 0.29) is 11.8 Å². The highest BCUT2D eigenvalue weighted by Crippen LogP contribution is 2.21. The molecule has 0 saturated heterocycles. The Morgan fingerprint density at radius 3 is 2.67 bits per heavy atom. The van der Waals surface area contributed by atoms with Gasteiger partial charge in [-0.1, -0.05) is 18.2 Å². The normalized spacial score (nSPS) is 13.3. The summed E-state index contributed by atoms with van der Waals surface area (Å²) in [7, 11) is -1.80. The Kier molecular flexibility index (Phi) is 5.58. The number of ether oxygens (including phenoxy) is 1. The number of anilines is 1. The van der Waals surface area contributed by atoms with Crippen LogP contribution in [0.25, 0.3) is 0 Å². The first-order valence-corrected chi connectivity index (χ1v) is 7.45. The van der Waals surface area contributed by atoms with E-state index in [0.717, 1.165) is 5.56 Å². The van der Waals surface area contributed by atoms with E-state index in [9.17, 15) is 8.42 Å². The highest BCUT2D eigenvalue weighted by atomic mass is 32.2. The van der Waals surface area contributed by atoms with Crippen LogP contribution in [0, 0.1) is 0 Å². The van der Waals surface area contributed by atoms with Gasteiger partial charge in [-0.15, -0.1) is 0 Å². The largest absolute Gasteiger partial charge is 0.385 e. The summed E-state index contributed by atoms with van der Waals surface area (Å²) in [5.74, 6) is 0.0358. The van der Waals surface area contributed by atoms with E-state index in [1.54, 1.807) is 19.2 Å². The van der Waals surface area contributed by atoms with Gasteiger partial charge < -0.3 is 10.5 Å². The van der Waals surface area contributed by atoms with Crippen molar-refractivity contribution in [2.75, 3.05) is 24.2 Å². The van der Waals surface area contributed by atoms with Crippen LogP contribution >= 0.6 is 0 Å². The second-order valence-electron chi connectivity index (χ2n) is 4.14. The van der Waals surface area contributed by atoms with Gasteiger partial charge >= 0.3 is 0 Å². The minimum atomic E-state index is -3.35. The third-order valence-corrected chi connectivity index (χ3v) is 3.84. The molecule has 1 aromatic rings. The van der Waals surface area contributed by atoms with E-state index in [2.05, 4.69) is 4.72 Å². The van der Waals surface area contributed by atoms with Crippen LogP contribution in [0.5, 0.6) is 0 Å². The lowest BCUT2D eigenvalue weighted by Crippen LogP contribution is -2.20. The smallest absolute Gasteiger partial charge is 0.232 e. The molecule has 0 aliphatic heterocycles.